The molecule has 118 valence electrons. The molecule has 1 aliphatic rings. The van der Waals surface area contributed by atoms with E-state index >= 15 is 0 Å². The van der Waals surface area contributed by atoms with E-state index < -0.39 is 0 Å². The number of rotatable bonds is 3. The maximum Gasteiger partial charge on any atom is 0.258 e. The van der Waals surface area contributed by atoms with Crippen LogP contribution in [-0.4, -0.2) is 26.2 Å². The van der Waals surface area contributed by atoms with Crippen LogP contribution >= 0.6 is 24.0 Å². The van der Waals surface area contributed by atoms with Gasteiger partial charge >= 0.3 is 0 Å². The van der Waals surface area contributed by atoms with Crippen molar-refractivity contribution in [1.29, 1.82) is 0 Å². The fraction of sp³-hybridized carbons (Fsp3) is 0.222. The molecule has 1 atom stereocenters. The number of benzene rings is 2. The standard InChI is InChI=1S/C18H18N2OS2/c1-18(2)16(19(21)13-14-9-5-3-6-10-14)20(17(22)23-18)15-11-7-4-8-12-15/h3-13,16H,1-2H3. The van der Waals surface area contributed by atoms with Gasteiger partial charge in [0.25, 0.3) is 6.17 Å². The zero-order valence-electron chi connectivity index (χ0n) is 13.0. The van der Waals surface area contributed by atoms with E-state index in [0.717, 1.165) is 20.3 Å². The lowest BCUT2D eigenvalue weighted by molar-refractivity contribution is -0.497. The molecule has 5 heteroatoms. The number of thiocarbonyl (C=S) groups is 1. The fourth-order valence-corrected chi connectivity index (χ4v) is 4.67. The Kier molecular flexibility index (Phi) is 4.41. The molecule has 1 saturated heterocycles. The minimum atomic E-state index is -0.386. The Balaban J connectivity index is 2.02. The average molecular weight is 342 g/mol. The quantitative estimate of drug-likeness (QED) is 0.274. The number of thioether (sulfide) groups is 1. The number of hydrogen-bond donors (Lipinski definition) is 0. The van der Waals surface area contributed by atoms with E-state index in [0.29, 0.717) is 0 Å². The first kappa shape index (κ1) is 16.0. The molecule has 0 bridgehead atoms. The van der Waals surface area contributed by atoms with Gasteiger partial charge in [-0.3, -0.25) is 4.90 Å². The molecule has 0 saturated carbocycles. The summed E-state index contributed by atoms with van der Waals surface area (Å²) in [6, 6.07) is 19.5. The van der Waals surface area contributed by atoms with Gasteiger partial charge in [0.2, 0.25) is 0 Å². The van der Waals surface area contributed by atoms with Gasteiger partial charge < -0.3 is 5.21 Å². The maximum absolute atomic E-state index is 12.9. The molecule has 0 radical (unpaired) electrons. The van der Waals surface area contributed by atoms with Crippen molar-refractivity contribution in [3.05, 3.63) is 71.4 Å². The normalized spacial score (nSPS) is 20.8. The number of nitrogens with zero attached hydrogens (tertiary/aromatic N) is 2. The smallest absolute Gasteiger partial charge is 0.258 e. The Morgan fingerprint density at radius 3 is 2.26 bits per heavy atom. The molecular weight excluding hydrogens is 324 g/mol. The second kappa shape index (κ2) is 6.34. The van der Waals surface area contributed by atoms with E-state index in [9.17, 15) is 5.21 Å². The van der Waals surface area contributed by atoms with Crippen molar-refractivity contribution in [3.8, 4) is 0 Å². The first-order valence-electron chi connectivity index (χ1n) is 7.42. The molecule has 2 aromatic rings. The molecule has 1 fully saturated rings. The summed E-state index contributed by atoms with van der Waals surface area (Å²) < 4.78 is 1.45. The van der Waals surface area contributed by atoms with Crippen molar-refractivity contribution in [3.63, 3.8) is 0 Å². The minimum Gasteiger partial charge on any atom is -0.622 e. The molecule has 0 aromatic heterocycles. The van der Waals surface area contributed by atoms with Crippen LogP contribution in [0.15, 0.2) is 60.7 Å². The lowest BCUT2D eigenvalue weighted by Gasteiger charge is -2.29. The second-order valence-corrected chi connectivity index (χ2v) is 8.24. The van der Waals surface area contributed by atoms with Crippen molar-refractivity contribution < 1.29 is 4.74 Å². The number of hydroxylamine groups is 1. The summed E-state index contributed by atoms with van der Waals surface area (Å²) in [7, 11) is 0. The predicted octanol–water partition coefficient (Wildman–Crippen LogP) is 4.26. The van der Waals surface area contributed by atoms with Gasteiger partial charge in [-0.2, -0.15) is 4.74 Å². The van der Waals surface area contributed by atoms with E-state index in [1.807, 2.05) is 65.6 Å². The van der Waals surface area contributed by atoms with Crippen molar-refractivity contribution in [2.45, 2.75) is 24.8 Å². The van der Waals surface area contributed by atoms with Crippen molar-refractivity contribution in [2.75, 3.05) is 4.90 Å². The van der Waals surface area contributed by atoms with E-state index in [-0.39, 0.29) is 10.9 Å². The topological polar surface area (TPSA) is 29.3 Å². The van der Waals surface area contributed by atoms with Gasteiger partial charge in [-0.05, 0) is 38.1 Å². The predicted molar refractivity (Wildman–Crippen MR) is 102 cm³/mol. The first-order chi connectivity index (χ1) is 11.0. The van der Waals surface area contributed by atoms with Crippen LogP contribution in [0.3, 0.4) is 0 Å². The van der Waals surface area contributed by atoms with Crippen molar-refractivity contribution in [2.24, 2.45) is 0 Å². The molecule has 1 aliphatic heterocycles. The summed E-state index contributed by atoms with van der Waals surface area (Å²) >= 11 is 7.11. The van der Waals surface area contributed by atoms with Gasteiger partial charge in [-0.25, -0.2) is 0 Å². The van der Waals surface area contributed by atoms with Gasteiger partial charge in [0.15, 0.2) is 6.21 Å². The fourth-order valence-electron chi connectivity index (χ4n) is 2.75. The third-order valence-electron chi connectivity index (χ3n) is 3.76. The zero-order valence-corrected chi connectivity index (χ0v) is 14.7. The summed E-state index contributed by atoms with van der Waals surface area (Å²) in [5, 5.41) is 12.9. The number of hydrogen-bond acceptors (Lipinski definition) is 3. The largest absolute Gasteiger partial charge is 0.622 e. The Hall–Kier alpha value is -1.85. The Bertz CT molecular complexity index is 729. The lowest BCUT2D eigenvalue weighted by Crippen LogP contribution is -2.48. The summed E-state index contributed by atoms with van der Waals surface area (Å²) in [5.41, 5.74) is 1.83. The molecule has 3 nitrogen and oxygen atoms in total. The minimum absolute atomic E-state index is 0.306. The van der Waals surface area contributed by atoms with Crippen LogP contribution in [0.25, 0.3) is 0 Å². The SMILES string of the molecule is CC1(C)SC(=S)N(c2ccccc2)C1[N+]([O-])=Cc1ccccc1. The van der Waals surface area contributed by atoms with Gasteiger partial charge in [0, 0.05) is 11.3 Å². The molecular formula is C18H18N2OS2. The second-order valence-electron chi connectivity index (χ2n) is 5.95. The molecule has 2 aromatic carbocycles. The monoisotopic (exact) mass is 342 g/mol. The summed E-state index contributed by atoms with van der Waals surface area (Å²) in [6.45, 7) is 4.11. The highest BCUT2D eigenvalue weighted by molar-refractivity contribution is 8.24. The Labute approximate surface area is 146 Å². The lowest BCUT2D eigenvalue weighted by atomic mass is 10.1. The van der Waals surface area contributed by atoms with Crippen LogP contribution in [0, 0.1) is 5.21 Å². The highest BCUT2D eigenvalue weighted by Crippen LogP contribution is 2.43. The average Bonchev–Trinajstić information content (AvgIpc) is 2.78. The van der Waals surface area contributed by atoms with Crippen LogP contribution in [0.5, 0.6) is 0 Å². The molecule has 0 aliphatic carbocycles. The summed E-state index contributed by atoms with van der Waals surface area (Å²) in [6.07, 6.45) is 1.25. The molecule has 0 spiro atoms. The molecule has 1 unspecified atom stereocenters. The van der Waals surface area contributed by atoms with Gasteiger partial charge in [-0.15, -0.1) is 0 Å². The molecule has 1 heterocycles. The molecule has 0 N–H and O–H groups in total. The molecule has 23 heavy (non-hydrogen) atoms. The highest BCUT2D eigenvalue weighted by atomic mass is 32.2. The number of anilines is 1. The van der Waals surface area contributed by atoms with E-state index in [1.54, 1.807) is 18.0 Å². The third-order valence-corrected chi connectivity index (χ3v) is 5.32. The maximum atomic E-state index is 12.9. The highest BCUT2D eigenvalue weighted by Gasteiger charge is 2.51. The van der Waals surface area contributed by atoms with Crippen LogP contribution < -0.4 is 4.90 Å². The van der Waals surface area contributed by atoms with Gasteiger partial charge in [0.1, 0.15) is 9.07 Å². The van der Waals surface area contributed by atoms with Crippen LogP contribution in [0.4, 0.5) is 5.69 Å². The summed E-state index contributed by atoms with van der Waals surface area (Å²) in [5.74, 6) is 0. The molecule has 3 rings (SSSR count). The van der Waals surface area contributed by atoms with Crippen LogP contribution in [0.2, 0.25) is 0 Å². The van der Waals surface area contributed by atoms with E-state index in [1.165, 1.54) is 0 Å². The Morgan fingerprint density at radius 2 is 1.65 bits per heavy atom. The Morgan fingerprint density at radius 1 is 1.09 bits per heavy atom. The van der Waals surface area contributed by atoms with E-state index in [2.05, 4.69) is 13.8 Å². The third kappa shape index (κ3) is 3.26. The summed E-state index contributed by atoms with van der Waals surface area (Å²) in [4.78, 5) is 1.95. The molecule has 0 amide bonds. The van der Waals surface area contributed by atoms with Crippen molar-refractivity contribution >= 4 is 40.2 Å². The van der Waals surface area contributed by atoms with Gasteiger partial charge in [0.05, 0.1) is 0 Å². The van der Waals surface area contributed by atoms with E-state index in [4.69, 9.17) is 12.2 Å². The van der Waals surface area contributed by atoms with Crippen LogP contribution in [-0.2, 0) is 0 Å². The van der Waals surface area contributed by atoms with Crippen LogP contribution in [0.1, 0.15) is 19.4 Å². The van der Waals surface area contributed by atoms with Gasteiger partial charge in [-0.1, -0.05) is 60.4 Å². The van der Waals surface area contributed by atoms with Crippen molar-refractivity contribution in [1.82, 2.24) is 0 Å². The number of para-hydroxylation sites is 1. The zero-order chi connectivity index (χ0) is 16.4. The first-order valence-corrected chi connectivity index (χ1v) is 8.64.